The van der Waals surface area contributed by atoms with Crippen molar-refractivity contribution in [2.45, 2.75) is 31.9 Å². The topological polar surface area (TPSA) is 95.7 Å². The number of rotatable bonds is 4. The highest BCUT2D eigenvalue weighted by Crippen LogP contribution is 2.24. The van der Waals surface area contributed by atoms with Crippen LogP contribution in [0.3, 0.4) is 0 Å². The number of amides is 1. The molecular weight excluding hydrogens is 274 g/mol. The van der Waals surface area contributed by atoms with Gasteiger partial charge in [0, 0.05) is 19.2 Å². The Morgan fingerprint density at radius 1 is 1.43 bits per heavy atom. The Hall–Kier alpha value is -1.99. The summed E-state index contributed by atoms with van der Waals surface area (Å²) in [6.45, 7) is 3.06. The number of piperidine rings is 1. The zero-order valence-corrected chi connectivity index (χ0v) is 11.9. The zero-order chi connectivity index (χ0) is 15.4. The van der Waals surface area contributed by atoms with Crippen LogP contribution in [-0.4, -0.2) is 46.1 Å². The summed E-state index contributed by atoms with van der Waals surface area (Å²) in [4.78, 5) is 24.6. The van der Waals surface area contributed by atoms with Gasteiger partial charge in [-0.05, 0) is 25.8 Å². The first kappa shape index (κ1) is 15.4. The molecule has 1 saturated heterocycles. The van der Waals surface area contributed by atoms with E-state index in [-0.39, 0.29) is 23.4 Å². The maximum Gasteiger partial charge on any atom is 0.292 e. The Balaban J connectivity index is 2.03. The lowest BCUT2D eigenvalue weighted by atomic mass is 10.1. The highest BCUT2D eigenvalue weighted by molar-refractivity contribution is 5.96. The quantitative estimate of drug-likeness (QED) is 0.646. The third-order valence-corrected chi connectivity index (χ3v) is 3.78. The number of nitrogens with one attached hydrogen (secondary N) is 1. The molecule has 0 spiro atoms. The highest BCUT2D eigenvalue weighted by Gasteiger charge is 2.26. The van der Waals surface area contributed by atoms with Crippen LogP contribution in [0, 0.1) is 10.1 Å². The second-order valence-corrected chi connectivity index (χ2v) is 5.21. The minimum absolute atomic E-state index is 0.118. The molecule has 1 amide bonds. The SMILES string of the molecule is C[C@@H](C(=O)Nc1ccccc1[N+](=O)[O-])N1CCC(O)CC1. The predicted octanol–water partition coefficient (Wildman–Crippen LogP) is 1.38. The number of nitro benzene ring substituents is 1. The Labute approximate surface area is 122 Å². The minimum Gasteiger partial charge on any atom is -0.393 e. The number of likely N-dealkylation sites (tertiary alicyclic amines) is 1. The van der Waals surface area contributed by atoms with Crippen LogP contribution in [0.1, 0.15) is 19.8 Å². The molecule has 21 heavy (non-hydrogen) atoms. The summed E-state index contributed by atoms with van der Waals surface area (Å²) in [6, 6.07) is 5.69. The number of carbonyl (C=O) groups is 1. The monoisotopic (exact) mass is 293 g/mol. The molecule has 0 unspecified atom stereocenters. The number of carbonyl (C=O) groups excluding carboxylic acids is 1. The summed E-state index contributed by atoms with van der Waals surface area (Å²) < 4.78 is 0. The number of hydrogen-bond acceptors (Lipinski definition) is 5. The molecule has 1 aliphatic heterocycles. The first-order valence-electron chi connectivity index (χ1n) is 6.95. The van der Waals surface area contributed by atoms with Gasteiger partial charge >= 0.3 is 0 Å². The number of hydrogen-bond donors (Lipinski definition) is 2. The second-order valence-electron chi connectivity index (χ2n) is 5.21. The average molecular weight is 293 g/mol. The van der Waals surface area contributed by atoms with Crippen molar-refractivity contribution in [1.82, 2.24) is 4.90 Å². The second kappa shape index (κ2) is 6.64. The Kier molecular flexibility index (Phi) is 4.87. The summed E-state index contributed by atoms with van der Waals surface area (Å²) in [5.74, 6) is -0.277. The van der Waals surface area contributed by atoms with Crippen LogP contribution >= 0.6 is 0 Å². The summed E-state index contributed by atoms with van der Waals surface area (Å²) in [5, 5.41) is 23.0. The van der Waals surface area contributed by atoms with E-state index in [0.717, 1.165) is 0 Å². The van der Waals surface area contributed by atoms with E-state index >= 15 is 0 Å². The van der Waals surface area contributed by atoms with Crippen LogP contribution in [0.15, 0.2) is 24.3 Å². The summed E-state index contributed by atoms with van der Waals surface area (Å²) in [5.41, 5.74) is 0.0866. The minimum atomic E-state index is -0.516. The van der Waals surface area contributed by atoms with E-state index < -0.39 is 11.0 Å². The highest BCUT2D eigenvalue weighted by atomic mass is 16.6. The number of benzene rings is 1. The van der Waals surface area contributed by atoms with Gasteiger partial charge in [-0.3, -0.25) is 19.8 Å². The number of anilines is 1. The Morgan fingerprint density at radius 3 is 2.67 bits per heavy atom. The fourth-order valence-electron chi connectivity index (χ4n) is 2.41. The molecule has 2 N–H and O–H groups in total. The summed E-state index contributed by atoms with van der Waals surface area (Å²) >= 11 is 0. The molecule has 1 aromatic rings. The van der Waals surface area contributed by atoms with Crippen LogP contribution < -0.4 is 5.32 Å². The standard InChI is InChI=1S/C14H19N3O4/c1-10(16-8-6-11(18)7-9-16)14(19)15-12-4-2-3-5-13(12)17(20)21/h2-5,10-11,18H,6-9H2,1H3,(H,15,19)/t10-/m0/s1. The van der Waals surface area contributed by atoms with E-state index in [1.807, 2.05) is 4.90 Å². The van der Waals surface area contributed by atoms with Crippen LogP contribution in [0.2, 0.25) is 0 Å². The van der Waals surface area contributed by atoms with Gasteiger partial charge in [-0.1, -0.05) is 12.1 Å². The lowest BCUT2D eigenvalue weighted by molar-refractivity contribution is -0.383. The molecule has 0 bridgehead atoms. The van der Waals surface area contributed by atoms with Gasteiger partial charge in [0.1, 0.15) is 5.69 Å². The third kappa shape index (κ3) is 3.77. The number of aliphatic hydroxyl groups is 1. The first-order valence-corrected chi connectivity index (χ1v) is 6.95. The fourth-order valence-corrected chi connectivity index (χ4v) is 2.41. The normalized spacial score (nSPS) is 18.2. The van der Waals surface area contributed by atoms with Crippen LogP contribution in [0.5, 0.6) is 0 Å². The van der Waals surface area contributed by atoms with Crippen molar-refractivity contribution in [1.29, 1.82) is 0 Å². The van der Waals surface area contributed by atoms with Crippen LogP contribution in [0.25, 0.3) is 0 Å². The molecule has 1 atom stereocenters. The summed E-state index contributed by atoms with van der Waals surface area (Å²) in [6.07, 6.45) is 0.985. The van der Waals surface area contributed by atoms with Gasteiger partial charge in [-0.15, -0.1) is 0 Å². The molecule has 0 saturated carbocycles. The van der Waals surface area contributed by atoms with E-state index in [1.54, 1.807) is 19.1 Å². The first-order chi connectivity index (χ1) is 9.99. The van der Waals surface area contributed by atoms with Crippen molar-refractivity contribution in [2.75, 3.05) is 18.4 Å². The van der Waals surface area contributed by atoms with Gasteiger partial charge in [0.25, 0.3) is 5.69 Å². The fraction of sp³-hybridized carbons (Fsp3) is 0.500. The van der Waals surface area contributed by atoms with Crippen molar-refractivity contribution in [3.05, 3.63) is 34.4 Å². The van der Waals surface area contributed by atoms with Gasteiger partial charge in [-0.2, -0.15) is 0 Å². The lowest BCUT2D eigenvalue weighted by Gasteiger charge is -2.33. The largest absolute Gasteiger partial charge is 0.393 e. The van der Waals surface area contributed by atoms with E-state index in [2.05, 4.69) is 5.32 Å². The van der Waals surface area contributed by atoms with Gasteiger partial charge < -0.3 is 10.4 Å². The predicted molar refractivity (Wildman–Crippen MR) is 78.0 cm³/mol. The van der Waals surface area contributed by atoms with E-state index in [0.29, 0.717) is 25.9 Å². The molecule has 1 heterocycles. The number of aliphatic hydroxyl groups excluding tert-OH is 1. The molecule has 7 nitrogen and oxygen atoms in total. The Morgan fingerprint density at radius 2 is 2.05 bits per heavy atom. The maximum atomic E-state index is 12.2. The molecule has 0 radical (unpaired) electrons. The molecular formula is C14H19N3O4. The van der Waals surface area contributed by atoms with Crippen molar-refractivity contribution >= 4 is 17.3 Å². The van der Waals surface area contributed by atoms with Gasteiger partial charge in [0.15, 0.2) is 0 Å². The van der Waals surface area contributed by atoms with Gasteiger partial charge in [0.05, 0.1) is 17.1 Å². The van der Waals surface area contributed by atoms with E-state index in [4.69, 9.17) is 0 Å². The number of nitro groups is 1. The van der Waals surface area contributed by atoms with E-state index in [9.17, 15) is 20.0 Å². The molecule has 1 aromatic carbocycles. The average Bonchev–Trinajstić information content (AvgIpc) is 2.47. The van der Waals surface area contributed by atoms with Crippen LogP contribution in [-0.2, 0) is 4.79 Å². The van der Waals surface area contributed by atoms with Gasteiger partial charge in [0.2, 0.25) is 5.91 Å². The lowest BCUT2D eigenvalue weighted by Crippen LogP contribution is -2.47. The van der Waals surface area contributed by atoms with Crippen molar-refractivity contribution < 1.29 is 14.8 Å². The molecule has 1 fully saturated rings. The van der Waals surface area contributed by atoms with Crippen LogP contribution in [0.4, 0.5) is 11.4 Å². The third-order valence-electron chi connectivity index (χ3n) is 3.78. The molecule has 114 valence electrons. The number of para-hydroxylation sites is 2. The zero-order valence-electron chi connectivity index (χ0n) is 11.9. The summed E-state index contributed by atoms with van der Waals surface area (Å²) in [7, 11) is 0. The smallest absolute Gasteiger partial charge is 0.292 e. The molecule has 0 aliphatic carbocycles. The van der Waals surface area contributed by atoms with E-state index in [1.165, 1.54) is 12.1 Å². The molecule has 1 aliphatic rings. The number of nitrogens with zero attached hydrogens (tertiary/aromatic N) is 2. The molecule has 0 aromatic heterocycles. The molecule has 7 heteroatoms. The van der Waals surface area contributed by atoms with Gasteiger partial charge in [-0.25, -0.2) is 0 Å². The van der Waals surface area contributed by atoms with Crippen molar-refractivity contribution in [3.8, 4) is 0 Å². The van der Waals surface area contributed by atoms with Crippen molar-refractivity contribution in [2.24, 2.45) is 0 Å². The molecule has 2 rings (SSSR count). The Bertz CT molecular complexity index is 527. The maximum absolute atomic E-state index is 12.2. The van der Waals surface area contributed by atoms with Crippen molar-refractivity contribution in [3.63, 3.8) is 0 Å².